The van der Waals surface area contributed by atoms with Gasteiger partial charge in [-0.2, -0.15) is 0 Å². The predicted octanol–water partition coefficient (Wildman–Crippen LogP) is 9.77. The van der Waals surface area contributed by atoms with Crippen LogP contribution in [-0.4, -0.2) is 13.8 Å². The summed E-state index contributed by atoms with van der Waals surface area (Å²) in [6.07, 6.45) is 14.8. The Morgan fingerprint density at radius 3 is 1.61 bits per heavy atom. The van der Waals surface area contributed by atoms with Crippen molar-refractivity contribution in [1.82, 2.24) is 0 Å². The molecular formula is C26H47Cl2NSiTi-2. The monoisotopic (exact) mass is 519 g/mol. The Kier molecular flexibility index (Phi) is 10.8. The van der Waals surface area contributed by atoms with E-state index in [9.17, 15) is 0 Å². The van der Waals surface area contributed by atoms with Gasteiger partial charge in [-0.1, -0.05) is 98.3 Å². The Morgan fingerprint density at radius 2 is 1.23 bits per heavy atom. The molecule has 1 nitrogen and oxygen atoms in total. The summed E-state index contributed by atoms with van der Waals surface area (Å²) in [5, 5.41) is 0. The van der Waals surface area contributed by atoms with E-state index in [1.54, 1.807) is 5.57 Å². The quantitative estimate of drug-likeness (QED) is 0.195. The number of rotatable bonds is 2. The second-order valence-electron chi connectivity index (χ2n) is 12.2. The zero-order valence-corrected chi connectivity index (χ0v) is 25.1. The van der Waals surface area contributed by atoms with E-state index in [-0.39, 0.29) is 13.0 Å². The third kappa shape index (κ3) is 6.67. The summed E-state index contributed by atoms with van der Waals surface area (Å²) in [5.74, 6) is 5.64. The molecule has 5 heteroatoms. The molecule has 0 aromatic heterocycles. The molecule has 0 heterocycles. The van der Waals surface area contributed by atoms with E-state index < -0.39 is 25.3 Å². The van der Waals surface area contributed by atoms with Crippen LogP contribution in [0.5, 0.6) is 0 Å². The van der Waals surface area contributed by atoms with Crippen LogP contribution in [0, 0.1) is 42.9 Å². The summed E-state index contributed by atoms with van der Waals surface area (Å²) in [7, 11) is 8.24. The molecule has 31 heavy (non-hydrogen) atoms. The molecular weight excluding hydrogens is 473 g/mol. The molecule has 4 fully saturated rings. The van der Waals surface area contributed by atoms with Crippen LogP contribution in [0.25, 0.3) is 4.98 Å². The van der Waals surface area contributed by atoms with Gasteiger partial charge < -0.3 is 12.4 Å². The van der Waals surface area contributed by atoms with Crippen molar-refractivity contribution in [3.05, 3.63) is 24.6 Å². The Bertz CT molecular complexity index is 556. The van der Waals surface area contributed by atoms with Crippen molar-refractivity contribution in [3.63, 3.8) is 0 Å². The van der Waals surface area contributed by atoms with Gasteiger partial charge in [-0.05, 0) is 61.2 Å². The second kappa shape index (κ2) is 11.8. The van der Waals surface area contributed by atoms with Crippen LogP contribution in [0.15, 0.2) is 12.2 Å². The van der Waals surface area contributed by atoms with Crippen molar-refractivity contribution in [2.45, 2.75) is 109 Å². The van der Waals surface area contributed by atoms with Crippen LogP contribution in [-0.2, 0) is 17.0 Å². The standard InChI is InChI=1S/C25H44NSi.CH3.2ClH.Ti/c1-17-19-11-7-9-13-21(19)23-15-18(27(5,6)26-25(2,3)4)16-24(23)22-14-10-8-12-20(17)22;;;;/h18-24H,1,7-16H2,2-6H3;1H3;2*1H;/q2*-1;;;+2/p-2. The average molecular weight is 521 g/mol. The van der Waals surface area contributed by atoms with Crippen LogP contribution in [0.3, 0.4) is 0 Å². The molecule has 6 unspecified atom stereocenters. The summed E-state index contributed by atoms with van der Waals surface area (Å²) in [6, 6.07) is 0. The van der Waals surface area contributed by atoms with Crippen LogP contribution in [0.4, 0.5) is 0 Å². The Hall–Kier alpha value is 1.21. The number of halogens is 2. The summed E-state index contributed by atoms with van der Waals surface area (Å²) < 4.78 is 0. The fourth-order valence-electron chi connectivity index (χ4n) is 8.16. The van der Waals surface area contributed by atoms with Gasteiger partial charge in [0.2, 0.25) is 0 Å². The predicted molar refractivity (Wildman–Crippen MR) is 139 cm³/mol. The Morgan fingerprint density at radius 1 is 0.839 bits per heavy atom. The molecule has 0 bridgehead atoms. The van der Waals surface area contributed by atoms with Gasteiger partial charge >= 0.3 is 35.6 Å². The first-order valence-electron chi connectivity index (χ1n) is 12.5. The molecule has 0 aromatic rings. The summed E-state index contributed by atoms with van der Waals surface area (Å²) >= 11 is -0.556. The Labute approximate surface area is 212 Å². The van der Waals surface area contributed by atoms with Gasteiger partial charge in [0.05, 0.1) is 0 Å². The van der Waals surface area contributed by atoms with E-state index >= 15 is 0 Å². The minimum atomic E-state index is -1.54. The van der Waals surface area contributed by atoms with Gasteiger partial charge in [-0.3, -0.25) is 0 Å². The van der Waals surface area contributed by atoms with Crippen molar-refractivity contribution < 1.29 is 17.0 Å². The zero-order valence-electron chi connectivity index (χ0n) is 21.0. The van der Waals surface area contributed by atoms with Gasteiger partial charge in [0.25, 0.3) is 0 Å². The third-order valence-electron chi connectivity index (χ3n) is 8.98. The minimum absolute atomic E-state index is 0. The van der Waals surface area contributed by atoms with E-state index in [4.69, 9.17) is 30.2 Å². The summed E-state index contributed by atoms with van der Waals surface area (Å²) in [4.78, 5) is 5.45. The number of hydrogen-bond donors (Lipinski definition) is 0. The second-order valence-corrected chi connectivity index (χ2v) is 19.1. The topological polar surface area (TPSA) is 14.1 Å². The molecule has 0 N–H and O–H groups in total. The maximum atomic E-state index is 5.45. The molecule has 0 saturated heterocycles. The van der Waals surface area contributed by atoms with Crippen molar-refractivity contribution in [2.75, 3.05) is 0 Å². The van der Waals surface area contributed by atoms with Gasteiger partial charge in [-0.15, -0.1) is 5.54 Å². The van der Waals surface area contributed by atoms with E-state index in [0.717, 1.165) is 41.0 Å². The van der Waals surface area contributed by atoms with Crippen LogP contribution < -0.4 is 0 Å². The molecule has 6 atom stereocenters. The SMILES string of the molecule is C=C1C2CCCCC2C2CC([Si](C)(C)[N-]C(C)(C)C)CC2C2CCCCC12.[CH3-].[Cl][Ti][Cl]. The molecule has 4 saturated carbocycles. The first-order valence-corrected chi connectivity index (χ1v) is 19.8. The molecule has 180 valence electrons. The molecule has 0 aromatic carbocycles. The fraction of sp³-hybridized carbons (Fsp3) is 0.885. The van der Waals surface area contributed by atoms with E-state index in [1.165, 1.54) is 64.2 Å². The molecule has 4 rings (SSSR count). The van der Waals surface area contributed by atoms with Gasteiger partial charge in [-0.25, -0.2) is 0 Å². The summed E-state index contributed by atoms with van der Waals surface area (Å²) in [6.45, 7) is 16.9. The maximum absolute atomic E-state index is 5.45. The van der Waals surface area contributed by atoms with Gasteiger partial charge in [0.1, 0.15) is 0 Å². The van der Waals surface area contributed by atoms with Crippen molar-refractivity contribution in [1.29, 1.82) is 0 Å². The first-order chi connectivity index (χ1) is 14.1. The van der Waals surface area contributed by atoms with Crippen molar-refractivity contribution in [2.24, 2.45) is 35.5 Å². The first kappa shape index (κ1) is 28.4. The van der Waals surface area contributed by atoms with Crippen molar-refractivity contribution >= 4 is 26.8 Å². The van der Waals surface area contributed by atoms with Gasteiger partial charge in [0, 0.05) is 0 Å². The zero-order chi connectivity index (χ0) is 22.1. The van der Waals surface area contributed by atoms with E-state index in [1.807, 2.05) is 0 Å². The summed E-state index contributed by atoms with van der Waals surface area (Å²) in [5.41, 5.74) is 2.77. The molecule has 4 aliphatic carbocycles. The number of nitrogens with zero attached hydrogens (tertiary/aromatic N) is 1. The fourth-order valence-corrected chi connectivity index (χ4v) is 11.8. The number of allylic oxidation sites excluding steroid dienone is 1. The third-order valence-corrected chi connectivity index (χ3v) is 12.7. The average Bonchev–Trinajstić information content (AvgIpc) is 3.09. The normalized spacial score (nSPS) is 37.8. The molecule has 4 aliphatic rings. The van der Waals surface area contributed by atoms with E-state index in [0.29, 0.717) is 0 Å². The van der Waals surface area contributed by atoms with Gasteiger partial charge in [0.15, 0.2) is 0 Å². The van der Waals surface area contributed by atoms with E-state index in [2.05, 4.69) is 33.9 Å². The van der Waals surface area contributed by atoms with Crippen LogP contribution >= 0.6 is 18.6 Å². The Balaban J connectivity index is 0.000000808. The number of fused-ring (bicyclic) bond motifs is 5. The molecule has 0 radical (unpaired) electrons. The van der Waals surface area contributed by atoms with Crippen molar-refractivity contribution in [3.8, 4) is 0 Å². The molecule has 0 spiro atoms. The van der Waals surface area contributed by atoms with Crippen LogP contribution in [0.2, 0.25) is 18.6 Å². The molecule has 0 aliphatic heterocycles. The van der Waals surface area contributed by atoms with Crippen LogP contribution in [0.1, 0.15) is 85.0 Å². The molecule has 0 amide bonds. The number of hydrogen-bond acceptors (Lipinski definition) is 0.